The maximum atomic E-state index is 13.1. The Bertz CT molecular complexity index is 2030. The molecule has 0 aromatic rings. The van der Waals surface area contributed by atoms with E-state index in [1.165, 1.54) is 238 Å². The van der Waals surface area contributed by atoms with Crippen molar-refractivity contribution in [3.8, 4) is 0 Å². The first-order valence-corrected chi connectivity index (χ1v) is 46.8. The average Bonchev–Trinajstić information content (AvgIpc) is 0.911. The number of esters is 4. The number of carbonyl (C=O) groups excluding carboxylic acids is 4. The molecule has 104 heavy (non-hydrogen) atoms. The molecule has 0 fully saturated rings. The Labute approximate surface area is 638 Å². The van der Waals surface area contributed by atoms with Crippen molar-refractivity contribution in [2.45, 2.75) is 459 Å². The van der Waals surface area contributed by atoms with Gasteiger partial charge in [0.1, 0.15) is 19.3 Å². The number of hydrogen-bond acceptors (Lipinski definition) is 15. The summed E-state index contributed by atoms with van der Waals surface area (Å²) in [5.74, 6) is 1.05. The van der Waals surface area contributed by atoms with E-state index in [9.17, 15) is 43.2 Å². The quantitative estimate of drug-likeness (QED) is 0.0222. The van der Waals surface area contributed by atoms with Crippen LogP contribution in [0.2, 0.25) is 0 Å². The molecule has 3 N–H and O–H groups in total. The molecule has 17 nitrogen and oxygen atoms in total. The highest BCUT2D eigenvalue weighted by Gasteiger charge is 2.31. The Hall–Kier alpha value is -1.94. The van der Waals surface area contributed by atoms with Crippen LogP contribution in [0.3, 0.4) is 0 Å². The maximum Gasteiger partial charge on any atom is 0.472 e. The van der Waals surface area contributed by atoms with E-state index in [0.29, 0.717) is 31.6 Å². The van der Waals surface area contributed by atoms with E-state index in [1.54, 1.807) is 0 Å². The fourth-order valence-electron chi connectivity index (χ4n) is 13.0. The molecule has 0 rings (SSSR count). The summed E-state index contributed by atoms with van der Waals surface area (Å²) in [6.07, 6.45) is 62.8. The minimum Gasteiger partial charge on any atom is -0.462 e. The molecular weight excluding hydrogens is 1350 g/mol. The van der Waals surface area contributed by atoms with Gasteiger partial charge in [0.2, 0.25) is 0 Å². The second-order valence-corrected chi connectivity index (χ2v) is 34.7. The lowest BCUT2D eigenvalue weighted by Crippen LogP contribution is -2.30. The lowest BCUT2D eigenvalue weighted by atomic mass is 9.99. The molecule has 0 radical (unpaired) electrons. The molecule has 0 heterocycles. The van der Waals surface area contributed by atoms with Crippen LogP contribution in [0.25, 0.3) is 0 Å². The topological polar surface area (TPSA) is 237 Å². The average molecular weight is 1520 g/mol. The third-order valence-corrected chi connectivity index (χ3v) is 22.8. The highest BCUT2D eigenvalue weighted by molar-refractivity contribution is 7.47. The van der Waals surface area contributed by atoms with E-state index < -0.39 is 97.5 Å². The van der Waals surface area contributed by atoms with Crippen molar-refractivity contribution in [1.29, 1.82) is 0 Å². The SMILES string of the molecule is CCC(C)CCCCCCCCCCCCCCCCCCCCC(=O)OC[C@H](COP(=O)(O)OCC(O)COP(=O)(O)OC[C@@H](COC(=O)CCCCCCCCCC(C)C)OC(=O)CCCCCCCCCCCCCCCCCCCCC(C)CC)OC(=O)CCCCCCCCC(C)CC. The number of aliphatic hydroxyl groups is 1. The van der Waals surface area contributed by atoms with Gasteiger partial charge in [-0.15, -0.1) is 0 Å². The first kappa shape index (κ1) is 102. The second-order valence-electron chi connectivity index (χ2n) is 31.8. The first-order chi connectivity index (χ1) is 50.2. The molecule has 8 atom stereocenters. The van der Waals surface area contributed by atoms with Crippen LogP contribution in [0.4, 0.5) is 0 Å². The van der Waals surface area contributed by atoms with Crippen LogP contribution < -0.4 is 0 Å². The van der Waals surface area contributed by atoms with Gasteiger partial charge in [-0.1, -0.05) is 389 Å². The normalized spacial score (nSPS) is 14.7. The summed E-state index contributed by atoms with van der Waals surface area (Å²) in [5.41, 5.74) is 0. The van der Waals surface area contributed by atoms with Crippen LogP contribution in [-0.4, -0.2) is 96.7 Å². The fourth-order valence-corrected chi connectivity index (χ4v) is 14.6. The predicted molar refractivity (Wildman–Crippen MR) is 428 cm³/mol. The lowest BCUT2D eigenvalue weighted by molar-refractivity contribution is -0.161. The smallest absolute Gasteiger partial charge is 0.462 e. The molecule has 618 valence electrons. The van der Waals surface area contributed by atoms with Crippen LogP contribution in [0.15, 0.2) is 0 Å². The number of aliphatic hydroxyl groups excluding tert-OH is 1. The molecule has 0 amide bonds. The van der Waals surface area contributed by atoms with Gasteiger partial charge in [-0.2, -0.15) is 0 Å². The molecule has 0 spiro atoms. The molecule has 0 aromatic heterocycles. The van der Waals surface area contributed by atoms with Crippen LogP contribution >= 0.6 is 15.6 Å². The third kappa shape index (κ3) is 74.2. The van der Waals surface area contributed by atoms with Gasteiger partial charge < -0.3 is 33.8 Å². The van der Waals surface area contributed by atoms with Crippen LogP contribution in [0.5, 0.6) is 0 Å². The minimum atomic E-state index is -4.96. The lowest BCUT2D eigenvalue weighted by Gasteiger charge is -2.21. The van der Waals surface area contributed by atoms with Gasteiger partial charge in [-0.25, -0.2) is 9.13 Å². The van der Waals surface area contributed by atoms with E-state index in [4.69, 9.17) is 37.0 Å². The largest absolute Gasteiger partial charge is 0.472 e. The second kappa shape index (κ2) is 73.8. The van der Waals surface area contributed by atoms with Crippen molar-refractivity contribution in [1.82, 2.24) is 0 Å². The van der Waals surface area contributed by atoms with Crippen molar-refractivity contribution in [2.75, 3.05) is 39.6 Å². The van der Waals surface area contributed by atoms with Gasteiger partial charge in [-0.3, -0.25) is 37.3 Å². The highest BCUT2D eigenvalue weighted by atomic mass is 31.2. The molecule has 0 saturated carbocycles. The Balaban J connectivity index is 5.10. The molecule has 19 heteroatoms. The highest BCUT2D eigenvalue weighted by Crippen LogP contribution is 2.45. The standard InChI is InChI=1S/C85H166O17P2/c1-9-76(6)62-54-46-38-32-28-24-20-16-12-14-18-22-26-30-34-40-49-57-65-82(87)95-72-81(102-85(90)68-60-52-44-43-48-56-64-78(8)11-3)74-100-104(93,94)98-70-79(86)69-97-103(91,92)99-73-80(71-96-83(88)66-58-50-42-36-37-45-53-61-75(4)5)101-84(89)67-59-51-41-35-31-27-23-19-15-13-17-21-25-29-33-39-47-55-63-77(7)10-2/h75-81,86H,9-74H2,1-8H3,(H,91,92)(H,93,94)/t76?,77?,78?,79?,80-,81-/m1/s1. The summed E-state index contributed by atoms with van der Waals surface area (Å²) in [5, 5.41) is 10.6. The number of rotatable bonds is 82. The van der Waals surface area contributed by atoms with E-state index >= 15 is 0 Å². The molecule has 0 aliphatic rings. The van der Waals surface area contributed by atoms with Gasteiger partial charge in [0, 0.05) is 25.7 Å². The van der Waals surface area contributed by atoms with Gasteiger partial charge in [-0.05, 0) is 49.4 Å². The Morgan fingerprint density at radius 2 is 0.462 bits per heavy atom. The molecule has 0 aliphatic heterocycles. The third-order valence-electron chi connectivity index (χ3n) is 20.9. The first-order valence-electron chi connectivity index (χ1n) is 43.8. The van der Waals surface area contributed by atoms with Crippen LogP contribution in [-0.2, 0) is 65.4 Å². The summed E-state index contributed by atoms with van der Waals surface area (Å²) in [6.45, 7) is 14.3. The summed E-state index contributed by atoms with van der Waals surface area (Å²) in [7, 11) is -9.92. The van der Waals surface area contributed by atoms with Gasteiger partial charge >= 0.3 is 39.5 Å². The summed E-state index contributed by atoms with van der Waals surface area (Å²) in [6, 6.07) is 0. The van der Waals surface area contributed by atoms with E-state index in [2.05, 4.69) is 55.4 Å². The minimum absolute atomic E-state index is 0.103. The van der Waals surface area contributed by atoms with Crippen molar-refractivity contribution in [2.24, 2.45) is 23.7 Å². The Kier molecular flexibility index (Phi) is 72.5. The van der Waals surface area contributed by atoms with Crippen molar-refractivity contribution in [3.63, 3.8) is 0 Å². The number of unbranched alkanes of at least 4 members (excludes halogenated alkanes) is 45. The fraction of sp³-hybridized carbons (Fsp3) is 0.953. The predicted octanol–water partition coefficient (Wildman–Crippen LogP) is 25.6. The van der Waals surface area contributed by atoms with E-state index in [0.717, 1.165) is 114 Å². The van der Waals surface area contributed by atoms with Gasteiger partial charge in [0.25, 0.3) is 0 Å². The molecule has 0 aromatic carbocycles. The number of carbonyl (C=O) groups is 4. The van der Waals surface area contributed by atoms with Crippen LogP contribution in [0.1, 0.15) is 441 Å². The van der Waals surface area contributed by atoms with E-state index in [1.807, 2.05) is 0 Å². The number of phosphoric acid groups is 2. The molecule has 6 unspecified atom stereocenters. The van der Waals surface area contributed by atoms with Crippen molar-refractivity contribution < 1.29 is 80.2 Å². The Morgan fingerprint density at radius 1 is 0.269 bits per heavy atom. The number of ether oxygens (including phenoxy) is 4. The molecule has 0 saturated heterocycles. The Morgan fingerprint density at radius 3 is 0.683 bits per heavy atom. The zero-order chi connectivity index (χ0) is 76.7. The van der Waals surface area contributed by atoms with Crippen molar-refractivity contribution in [3.05, 3.63) is 0 Å². The summed E-state index contributed by atoms with van der Waals surface area (Å²) < 4.78 is 68.7. The molecule has 0 bridgehead atoms. The molecule has 0 aliphatic carbocycles. The molecular formula is C85H166O17P2. The summed E-state index contributed by atoms with van der Waals surface area (Å²) in [4.78, 5) is 73.0. The summed E-state index contributed by atoms with van der Waals surface area (Å²) >= 11 is 0. The maximum absolute atomic E-state index is 13.1. The number of hydrogen-bond donors (Lipinski definition) is 3. The zero-order valence-electron chi connectivity index (χ0n) is 68.7. The van der Waals surface area contributed by atoms with Crippen LogP contribution in [0, 0.1) is 23.7 Å². The van der Waals surface area contributed by atoms with Gasteiger partial charge in [0.15, 0.2) is 12.2 Å². The van der Waals surface area contributed by atoms with E-state index in [-0.39, 0.29) is 25.7 Å². The number of phosphoric ester groups is 2. The monoisotopic (exact) mass is 1520 g/mol. The van der Waals surface area contributed by atoms with Gasteiger partial charge in [0.05, 0.1) is 26.4 Å². The zero-order valence-corrected chi connectivity index (χ0v) is 70.5. The van der Waals surface area contributed by atoms with Crippen molar-refractivity contribution >= 4 is 39.5 Å².